The van der Waals surface area contributed by atoms with Crippen molar-refractivity contribution >= 4 is 39.6 Å². The van der Waals surface area contributed by atoms with Crippen LogP contribution in [-0.2, 0) is 0 Å². The second-order valence-electron chi connectivity index (χ2n) is 8.77. The molecule has 5 nitrogen and oxygen atoms in total. The lowest BCUT2D eigenvalue weighted by molar-refractivity contribution is -0.0444. The minimum atomic E-state index is -0.557. The Morgan fingerprint density at radius 2 is 1.97 bits per heavy atom. The predicted molar refractivity (Wildman–Crippen MR) is 135 cm³/mol. The zero-order chi connectivity index (χ0) is 22.1. The van der Waals surface area contributed by atoms with Gasteiger partial charge in [0.2, 0.25) is 0 Å². The summed E-state index contributed by atoms with van der Waals surface area (Å²) >= 11 is 5.48. The first-order valence-electron chi connectivity index (χ1n) is 11.2. The number of aliphatic hydroxyl groups excluding tert-OH is 1. The Bertz CT molecular complexity index is 1140. The van der Waals surface area contributed by atoms with Crippen LogP contribution in [0.1, 0.15) is 24.5 Å². The number of para-hydroxylation sites is 1. The second-order valence-corrected chi connectivity index (χ2v) is 9.18. The van der Waals surface area contributed by atoms with Crippen LogP contribution in [0.5, 0.6) is 0 Å². The van der Waals surface area contributed by atoms with Crippen LogP contribution in [-0.4, -0.2) is 39.2 Å². The maximum absolute atomic E-state index is 11.4. The fourth-order valence-electron chi connectivity index (χ4n) is 5.23. The Kier molecular flexibility index (Phi) is 5.91. The van der Waals surface area contributed by atoms with Gasteiger partial charge in [-0.1, -0.05) is 24.3 Å². The van der Waals surface area contributed by atoms with E-state index in [1.165, 1.54) is 6.42 Å². The minimum absolute atomic E-state index is 0.132. The number of benzene rings is 2. The van der Waals surface area contributed by atoms with E-state index in [-0.39, 0.29) is 6.04 Å². The topological polar surface area (TPSA) is 60.4 Å². The van der Waals surface area contributed by atoms with Crippen LogP contribution in [0.3, 0.4) is 0 Å². The molecule has 0 radical (unpaired) electrons. The van der Waals surface area contributed by atoms with Crippen LogP contribution in [0.2, 0.25) is 0 Å². The number of thiocarbonyl (C=S) groups is 1. The number of anilines is 2. The van der Waals surface area contributed by atoms with E-state index in [1.807, 2.05) is 54.6 Å². The van der Waals surface area contributed by atoms with Gasteiger partial charge < -0.3 is 15.7 Å². The lowest BCUT2D eigenvalue weighted by Gasteiger charge is -2.50. The average Bonchev–Trinajstić information content (AvgIpc) is 2.84. The third kappa shape index (κ3) is 4.13. The van der Waals surface area contributed by atoms with Crippen LogP contribution in [0.15, 0.2) is 73.4 Å². The van der Waals surface area contributed by atoms with E-state index < -0.39 is 6.10 Å². The van der Waals surface area contributed by atoms with E-state index in [9.17, 15) is 5.11 Å². The second kappa shape index (κ2) is 8.98. The van der Waals surface area contributed by atoms with Gasteiger partial charge in [0.05, 0.1) is 11.6 Å². The molecule has 5 atom stereocenters. The molecule has 6 heteroatoms. The Morgan fingerprint density at radius 3 is 2.72 bits per heavy atom. The number of nitrogens with zero attached hydrogens (tertiary/aromatic N) is 2. The van der Waals surface area contributed by atoms with Gasteiger partial charge in [0.1, 0.15) is 0 Å². The standard InChI is InChI=1S/C26H28N4OS/c1-2-17-16-30-13-11-18(17)14-24(30)25(31)21-10-12-27-23-9-8-20(15-22(21)23)29-26(32)28-19-6-4-3-5-7-19/h2-10,12,15,17-18,24-25,31H,1,11,13-14,16H2,(H2,28,29,32). The van der Waals surface area contributed by atoms with E-state index in [0.29, 0.717) is 16.9 Å². The number of aliphatic hydroxyl groups is 1. The van der Waals surface area contributed by atoms with Crippen LogP contribution < -0.4 is 10.6 Å². The highest BCUT2D eigenvalue weighted by Crippen LogP contribution is 2.42. The highest BCUT2D eigenvalue weighted by molar-refractivity contribution is 7.80. The summed E-state index contributed by atoms with van der Waals surface area (Å²) < 4.78 is 0. The Hall–Kier alpha value is -2.80. The molecule has 2 aromatic carbocycles. The molecular weight excluding hydrogens is 416 g/mol. The van der Waals surface area contributed by atoms with Gasteiger partial charge in [0, 0.05) is 35.5 Å². The first kappa shape index (κ1) is 21.1. The van der Waals surface area contributed by atoms with Gasteiger partial charge in [-0.2, -0.15) is 0 Å². The van der Waals surface area contributed by atoms with E-state index in [2.05, 4.69) is 33.2 Å². The van der Waals surface area contributed by atoms with Crippen molar-refractivity contribution in [2.75, 3.05) is 23.7 Å². The van der Waals surface area contributed by atoms with Gasteiger partial charge >= 0.3 is 0 Å². The largest absolute Gasteiger partial charge is 0.387 e. The molecule has 32 heavy (non-hydrogen) atoms. The molecule has 3 saturated heterocycles. The molecule has 5 unspecified atom stereocenters. The summed E-state index contributed by atoms with van der Waals surface area (Å²) in [5.41, 5.74) is 3.59. The zero-order valence-corrected chi connectivity index (χ0v) is 18.8. The molecule has 4 heterocycles. The smallest absolute Gasteiger partial charge is 0.175 e. The number of piperidine rings is 3. The molecule has 2 bridgehead atoms. The summed E-state index contributed by atoms with van der Waals surface area (Å²) in [5.74, 6) is 1.15. The van der Waals surface area contributed by atoms with Gasteiger partial charge in [0.15, 0.2) is 5.11 Å². The average molecular weight is 445 g/mol. The fourth-order valence-corrected chi connectivity index (χ4v) is 5.47. The van der Waals surface area contributed by atoms with Crippen molar-refractivity contribution < 1.29 is 5.11 Å². The number of hydrogen-bond donors (Lipinski definition) is 3. The normalized spacial score (nSPS) is 25.3. The molecule has 0 aliphatic carbocycles. The first-order chi connectivity index (χ1) is 15.6. The van der Waals surface area contributed by atoms with Crippen LogP contribution >= 0.6 is 12.2 Å². The summed E-state index contributed by atoms with van der Waals surface area (Å²) in [7, 11) is 0. The fraction of sp³-hybridized carbons (Fsp3) is 0.308. The molecule has 0 amide bonds. The Morgan fingerprint density at radius 1 is 1.16 bits per heavy atom. The SMILES string of the molecule is C=CC1CN2CCC1CC2C(O)c1ccnc2ccc(NC(=S)Nc3ccccc3)cc12. The van der Waals surface area contributed by atoms with E-state index in [4.69, 9.17) is 12.2 Å². The molecule has 0 spiro atoms. The molecule has 6 rings (SSSR count). The summed E-state index contributed by atoms with van der Waals surface area (Å²) in [4.78, 5) is 6.95. The molecule has 0 saturated carbocycles. The molecule has 1 aromatic heterocycles. The lowest BCUT2D eigenvalue weighted by atomic mass is 9.73. The predicted octanol–water partition coefficient (Wildman–Crippen LogP) is 4.97. The van der Waals surface area contributed by atoms with Gasteiger partial charge in [-0.05, 0) is 85.4 Å². The van der Waals surface area contributed by atoms with Gasteiger partial charge in [-0.15, -0.1) is 6.58 Å². The van der Waals surface area contributed by atoms with Crippen molar-refractivity contribution in [2.24, 2.45) is 11.8 Å². The maximum atomic E-state index is 11.4. The quantitative estimate of drug-likeness (QED) is 0.381. The van der Waals surface area contributed by atoms with Crippen LogP contribution in [0.4, 0.5) is 11.4 Å². The van der Waals surface area contributed by atoms with Gasteiger partial charge in [-0.25, -0.2) is 0 Å². The van der Waals surface area contributed by atoms with Crippen LogP contribution in [0.25, 0.3) is 10.9 Å². The monoisotopic (exact) mass is 444 g/mol. The highest BCUT2D eigenvalue weighted by Gasteiger charge is 2.42. The van der Waals surface area contributed by atoms with Gasteiger partial charge in [-0.3, -0.25) is 9.88 Å². The summed E-state index contributed by atoms with van der Waals surface area (Å²) in [5, 5.41) is 19.4. The van der Waals surface area contributed by atoms with Crippen molar-refractivity contribution in [3.63, 3.8) is 0 Å². The zero-order valence-electron chi connectivity index (χ0n) is 17.9. The summed E-state index contributed by atoms with van der Waals surface area (Å²) in [6.45, 7) is 6.05. The molecule has 3 aliphatic rings. The summed E-state index contributed by atoms with van der Waals surface area (Å²) in [6, 6.07) is 17.9. The van der Waals surface area contributed by atoms with E-state index in [1.54, 1.807) is 6.20 Å². The molecule has 3 N–H and O–H groups in total. The van der Waals surface area contributed by atoms with Crippen molar-refractivity contribution in [1.82, 2.24) is 9.88 Å². The van der Waals surface area contributed by atoms with E-state index >= 15 is 0 Å². The molecule has 3 aliphatic heterocycles. The molecule has 164 valence electrons. The highest BCUT2D eigenvalue weighted by atomic mass is 32.1. The van der Waals surface area contributed by atoms with Crippen molar-refractivity contribution in [2.45, 2.75) is 25.0 Å². The lowest BCUT2D eigenvalue weighted by Crippen LogP contribution is -2.54. The Balaban J connectivity index is 1.38. The Labute approximate surface area is 194 Å². The molecule has 3 aromatic rings. The molecular formula is C26H28N4OS. The number of pyridine rings is 1. The third-order valence-corrected chi connectivity index (χ3v) is 7.11. The number of rotatable bonds is 5. The third-order valence-electron chi connectivity index (χ3n) is 6.90. The first-order valence-corrected chi connectivity index (χ1v) is 11.6. The van der Waals surface area contributed by atoms with Crippen molar-refractivity contribution in [3.8, 4) is 0 Å². The number of hydrogen-bond acceptors (Lipinski definition) is 4. The number of fused-ring (bicyclic) bond motifs is 4. The minimum Gasteiger partial charge on any atom is -0.387 e. The summed E-state index contributed by atoms with van der Waals surface area (Å²) in [6.07, 6.45) is 5.52. The number of aromatic nitrogens is 1. The van der Waals surface area contributed by atoms with Crippen molar-refractivity contribution in [3.05, 3.63) is 79.0 Å². The number of nitrogens with one attached hydrogen (secondary N) is 2. The van der Waals surface area contributed by atoms with Crippen LogP contribution in [0, 0.1) is 11.8 Å². The molecule has 3 fully saturated rings. The van der Waals surface area contributed by atoms with Crippen molar-refractivity contribution in [1.29, 1.82) is 0 Å². The maximum Gasteiger partial charge on any atom is 0.175 e. The van der Waals surface area contributed by atoms with E-state index in [0.717, 1.165) is 47.4 Å². The van der Waals surface area contributed by atoms with Gasteiger partial charge in [0.25, 0.3) is 0 Å².